The molecule has 1 aliphatic heterocycles. The number of anilines is 2. The van der Waals surface area contributed by atoms with E-state index in [2.05, 4.69) is 20.4 Å². The van der Waals surface area contributed by atoms with Crippen LogP contribution in [0.5, 0.6) is 0 Å². The van der Waals surface area contributed by atoms with Crippen LogP contribution < -0.4 is 10.2 Å². The van der Waals surface area contributed by atoms with Crippen LogP contribution in [0.15, 0.2) is 45.3 Å². The third-order valence-corrected chi connectivity index (χ3v) is 8.70. The number of nitrogens with zero attached hydrogens (tertiary/aromatic N) is 4. The highest BCUT2D eigenvalue weighted by Crippen LogP contribution is 2.29. The SMILES string of the molecule is CCC(=O)Nc1c(C)noc1C=Cc1ccc(S(=O)(=O)N2CCN(c3ccccn3)CC2)s1. The number of thiophene rings is 1. The van der Waals surface area contributed by atoms with E-state index in [1.165, 1.54) is 15.6 Å². The van der Waals surface area contributed by atoms with Crippen LogP contribution in [-0.4, -0.2) is 54.9 Å². The molecule has 1 fully saturated rings. The molecular formula is C22H25N5O4S2. The van der Waals surface area contributed by atoms with Gasteiger partial charge >= 0.3 is 0 Å². The van der Waals surface area contributed by atoms with Crippen LogP contribution in [0.4, 0.5) is 11.5 Å². The van der Waals surface area contributed by atoms with Gasteiger partial charge in [-0.2, -0.15) is 4.31 Å². The number of sulfonamides is 1. The lowest BCUT2D eigenvalue weighted by atomic mass is 10.2. The Morgan fingerprint density at radius 1 is 1.18 bits per heavy atom. The summed E-state index contributed by atoms with van der Waals surface area (Å²) >= 11 is 1.19. The fourth-order valence-corrected chi connectivity index (χ4v) is 6.23. The fraction of sp³-hybridized carbons (Fsp3) is 0.318. The number of nitrogens with one attached hydrogen (secondary N) is 1. The van der Waals surface area contributed by atoms with Crippen molar-refractivity contribution in [1.29, 1.82) is 0 Å². The molecule has 1 saturated heterocycles. The minimum atomic E-state index is -3.58. The van der Waals surface area contributed by atoms with Gasteiger partial charge in [-0.25, -0.2) is 13.4 Å². The van der Waals surface area contributed by atoms with Crippen molar-refractivity contribution in [2.75, 3.05) is 36.4 Å². The quantitative estimate of drug-likeness (QED) is 0.543. The first-order valence-corrected chi connectivity index (χ1v) is 12.8. The molecule has 0 bridgehead atoms. The molecule has 0 saturated carbocycles. The van der Waals surface area contributed by atoms with E-state index in [4.69, 9.17) is 4.52 Å². The molecule has 3 aromatic rings. The van der Waals surface area contributed by atoms with Crippen molar-refractivity contribution in [1.82, 2.24) is 14.4 Å². The first-order valence-electron chi connectivity index (χ1n) is 10.6. The van der Waals surface area contributed by atoms with Crippen LogP contribution in [0.3, 0.4) is 0 Å². The van der Waals surface area contributed by atoms with Gasteiger partial charge in [-0.3, -0.25) is 4.79 Å². The Kier molecular flexibility index (Phi) is 6.91. The molecule has 33 heavy (non-hydrogen) atoms. The van der Waals surface area contributed by atoms with Gasteiger partial charge in [0.15, 0.2) is 5.76 Å². The normalized spacial score (nSPS) is 15.3. The molecule has 0 aromatic carbocycles. The topological polar surface area (TPSA) is 109 Å². The average Bonchev–Trinajstić information content (AvgIpc) is 3.46. The van der Waals surface area contributed by atoms with Crippen LogP contribution in [0.2, 0.25) is 0 Å². The summed E-state index contributed by atoms with van der Waals surface area (Å²) in [6.07, 6.45) is 5.51. The number of carbonyl (C=O) groups is 1. The lowest BCUT2D eigenvalue weighted by Gasteiger charge is -2.34. The third-order valence-electron chi connectivity index (χ3n) is 5.28. The summed E-state index contributed by atoms with van der Waals surface area (Å²) in [7, 11) is -3.58. The van der Waals surface area contributed by atoms with Gasteiger partial charge in [0, 0.05) is 43.7 Å². The molecule has 0 radical (unpaired) electrons. The Morgan fingerprint density at radius 3 is 2.67 bits per heavy atom. The van der Waals surface area contributed by atoms with E-state index in [0.29, 0.717) is 54.0 Å². The number of aryl methyl sites for hydroxylation is 1. The highest BCUT2D eigenvalue weighted by Gasteiger charge is 2.30. The molecule has 0 spiro atoms. The molecule has 3 aromatic heterocycles. The summed E-state index contributed by atoms with van der Waals surface area (Å²) in [5.74, 6) is 1.14. The van der Waals surface area contributed by atoms with Gasteiger partial charge in [0.2, 0.25) is 5.91 Å². The van der Waals surface area contributed by atoms with Gasteiger partial charge in [0.25, 0.3) is 10.0 Å². The lowest BCUT2D eigenvalue weighted by Crippen LogP contribution is -2.48. The van der Waals surface area contributed by atoms with Gasteiger partial charge in [-0.1, -0.05) is 18.1 Å². The van der Waals surface area contributed by atoms with Crippen LogP contribution in [0, 0.1) is 6.92 Å². The number of aromatic nitrogens is 2. The van der Waals surface area contributed by atoms with Crippen molar-refractivity contribution >= 4 is 50.9 Å². The number of piperazine rings is 1. The number of rotatable bonds is 7. The van der Waals surface area contributed by atoms with Crippen molar-refractivity contribution in [2.45, 2.75) is 24.5 Å². The minimum absolute atomic E-state index is 0.136. The van der Waals surface area contributed by atoms with E-state index in [-0.39, 0.29) is 5.91 Å². The largest absolute Gasteiger partial charge is 0.354 e. The van der Waals surface area contributed by atoms with Crippen molar-refractivity contribution in [2.24, 2.45) is 0 Å². The number of hydrogen-bond donors (Lipinski definition) is 1. The summed E-state index contributed by atoms with van der Waals surface area (Å²) < 4.78 is 33.4. The Labute approximate surface area is 196 Å². The third kappa shape index (κ3) is 5.15. The molecule has 9 nitrogen and oxygen atoms in total. The second kappa shape index (κ2) is 9.86. The number of hydrogen-bond acceptors (Lipinski definition) is 8. The Bertz CT molecular complexity index is 1240. The summed E-state index contributed by atoms with van der Waals surface area (Å²) in [4.78, 5) is 18.9. The van der Waals surface area contributed by atoms with E-state index < -0.39 is 10.0 Å². The number of amides is 1. The van der Waals surface area contributed by atoms with Crippen LogP contribution in [0.1, 0.15) is 29.7 Å². The van der Waals surface area contributed by atoms with Crippen molar-refractivity contribution in [3.8, 4) is 0 Å². The molecule has 11 heteroatoms. The van der Waals surface area contributed by atoms with Gasteiger partial charge in [-0.15, -0.1) is 11.3 Å². The Balaban J connectivity index is 1.44. The highest BCUT2D eigenvalue weighted by molar-refractivity contribution is 7.91. The zero-order valence-corrected chi connectivity index (χ0v) is 20.0. The first kappa shape index (κ1) is 23.1. The van der Waals surface area contributed by atoms with Gasteiger partial charge in [0.05, 0.1) is 0 Å². The smallest absolute Gasteiger partial charge is 0.252 e. The summed E-state index contributed by atoms with van der Waals surface area (Å²) in [5.41, 5.74) is 1.10. The lowest BCUT2D eigenvalue weighted by molar-refractivity contribution is -0.115. The molecule has 4 heterocycles. The minimum Gasteiger partial charge on any atom is -0.354 e. The van der Waals surface area contributed by atoms with Crippen LogP contribution in [0.25, 0.3) is 12.2 Å². The van der Waals surface area contributed by atoms with E-state index in [0.717, 1.165) is 10.7 Å². The average molecular weight is 488 g/mol. The molecule has 4 rings (SSSR count). The first-order chi connectivity index (χ1) is 15.9. The van der Waals surface area contributed by atoms with Crippen molar-refractivity contribution < 1.29 is 17.7 Å². The summed E-state index contributed by atoms with van der Waals surface area (Å²) in [5, 5.41) is 6.68. The number of carbonyl (C=O) groups excluding carboxylic acids is 1. The van der Waals surface area contributed by atoms with Crippen molar-refractivity contribution in [3.05, 3.63) is 52.9 Å². The number of pyridine rings is 1. The van der Waals surface area contributed by atoms with Gasteiger partial charge < -0.3 is 14.7 Å². The second-order valence-corrected chi connectivity index (χ2v) is 10.8. The maximum absolute atomic E-state index is 13.1. The second-order valence-electron chi connectivity index (χ2n) is 7.48. The van der Waals surface area contributed by atoms with Crippen LogP contribution in [-0.2, 0) is 14.8 Å². The van der Waals surface area contributed by atoms with Crippen LogP contribution >= 0.6 is 11.3 Å². The molecule has 0 aliphatic carbocycles. The molecular weight excluding hydrogens is 462 g/mol. The predicted octanol–water partition coefficient (Wildman–Crippen LogP) is 3.47. The molecule has 1 aliphatic rings. The summed E-state index contributed by atoms with van der Waals surface area (Å²) in [6.45, 7) is 5.49. The van der Waals surface area contributed by atoms with Gasteiger partial charge in [-0.05, 0) is 43.3 Å². The standard InChI is InChI=1S/C22H25N5O4S2/c1-3-20(28)24-22-16(2)25-31-18(22)9-7-17-8-10-21(32-17)33(29,30)27-14-12-26(13-15-27)19-6-4-5-11-23-19/h4-11H,3,12-15H2,1-2H3,(H,24,28). The summed E-state index contributed by atoms with van der Waals surface area (Å²) in [6, 6.07) is 9.09. The molecule has 1 amide bonds. The monoisotopic (exact) mass is 487 g/mol. The highest BCUT2D eigenvalue weighted by atomic mass is 32.2. The molecule has 174 valence electrons. The molecule has 0 unspecified atom stereocenters. The van der Waals surface area contributed by atoms with Gasteiger partial charge in [0.1, 0.15) is 21.4 Å². The van der Waals surface area contributed by atoms with E-state index in [9.17, 15) is 13.2 Å². The van der Waals surface area contributed by atoms with Crippen molar-refractivity contribution in [3.63, 3.8) is 0 Å². The molecule has 1 N–H and O–H groups in total. The Hall–Kier alpha value is -3.02. The zero-order chi connectivity index (χ0) is 23.4. The van der Waals surface area contributed by atoms with E-state index >= 15 is 0 Å². The van der Waals surface area contributed by atoms with E-state index in [1.54, 1.807) is 44.3 Å². The maximum atomic E-state index is 13.1. The Morgan fingerprint density at radius 2 is 1.97 bits per heavy atom. The predicted molar refractivity (Wildman–Crippen MR) is 129 cm³/mol. The van der Waals surface area contributed by atoms with E-state index in [1.807, 2.05) is 18.2 Å². The maximum Gasteiger partial charge on any atom is 0.252 e. The molecule has 0 atom stereocenters. The zero-order valence-electron chi connectivity index (χ0n) is 18.4. The fourth-order valence-electron chi connectivity index (χ4n) is 3.43.